The Labute approximate surface area is 119 Å². The number of esters is 1. The summed E-state index contributed by atoms with van der Waals surface area (Å²) in [5, 5.41) is 0. The molecule has 1 fully saturated rings. The number of benzene rings is 1. The van der Waals surface area contributed by atoms with Gasteiger partial charge < -0.3 is 4.74 Å². The third-order valence-corrected chi connectivity index (χ3v) is 3.80. The molecule has 2 rings (SSSR count). The van der Waals surface area contributed by atoms with E-state index in [1.165, 1.54) is 17.7 Å². The second-order valence-corrected chi connectivity index (χ2v) is 5.36. The largest absolute Gasteiger partial charge is 0.465 e. The predicted molar refractivity (Wildman–Crippen MR) is 75.9 cm³/mol. The van der Waals surface area contributed by atoms with Crippen LogP contribution in [0, 0.1) is 11.7 Å². The van der Waals surface area contributed by atoms with Gasteiger partial charge in [-0.2, -0.15) is 0 Å². The van der Waals surface area contributed by atoms with Crippen LogP contribution in [-0.4, -0.2) is 37.1 Å². The van der Waals surface area contributed by atoms with Crippen molar-refractivity contribution in [3.8, 4) is 0 Å². The summed E-state index contributed by atoms with van der Waals surface area (Å²) in [6.45, 7) is 4.54. The van der Waals surface area contributed by atoms with Crippen LogP contribution in [-0.2, 0) is 16.0 Å². The second kappa shape index (κ2) is 7.39. The van der Waals surface area contributed by atoms with E-state index < -0.39 is 0 Å². The van der Waals surface area contributed by atoms with Crippen LogP contribution >= 0.6 is 0 Å². The molecule has 0 bridgehead atoms. The molecule has 0 saturated carbocycles. The van der Waals surface area contributed by atoms with Crippen molar-refractivity contribution in [1.82, 2.24) is 4.90 Å². The van der Waals surface area contributed by atoms with Crippen molar-refractivity contribution < 1.29 is 13.9 Å². The van der Waals surface area contributed by atoms with Crippen LogP contribution < -0.4 is 0 Å². The van der Waals surface area contributed by atoms with Crippen molar-refractivity contribution in [2.24, 2.45) is 5.92 Å². The third-order valence-electron chi connectivity index (χ3n) is 3.80. The highest BCUT2D eigenvalue weighted by Crippen LogP contribution is 2.21. The van der Waals surface area contributed by atoms with Gasteiger partial charge in [-0.15, -0.1) is 0 Å². The van der Waals surface area contributed by atoms with Gasteiger partial charge in [0.05, 0.1) is 13.2 Å². The molecule has 1 aliphatic heterocycles. The molecule has 0 radical (unpaired) electrons. The summed E-state index contributed by atoms with van der Waals surface area (Å²) in [6.07, 6.45) is 3.15. The number of carbonyl (C=O) groups is 1. The third kappa shape index (κ3) is 4.60. The Morgan fingerprint density at radius 3 is 2.55 bits per heavy atom. The lowest BCUT2D eigenvalue weighted by Gasteiger charge is -2.31. The molecule has 20 heavy (non-hydrogen) atoms. The molecule has 0 spiro atoms. The van der Waals surface area contributed by atoms with Crippen LogP contribution in [0.1, 0.15) is 25.3 Å². The maximum atomic E-state index is 12.9. The molecule has 0 N–H and O–H groups in total. The first-order valence-electron chi connectivity index (χ1n) is 7.29. The molecule has 1 aromatic carbocycles. The van der Waals surface area contributed by atoms with E-state index in [1.807, 2.05) is 19.1 Å². The maximum absolute atomic E-state index is 12.9. The van der Waals surface area contributed by atoms with E-state index in [4.69, 9.17) is 4.74 Å². The van der Waals surface area contributed by atoms with Gasteiger partial charge in [0.1, 0.15) is 5.82 Å². The van der Waals surface area contributed by atoms with Gasteiger partial charge in [-0.25, -0.2) is 4.39 Å². The zero-order chi connectivity index (χ0) is 14.4. The lowest BCUT2D eigenvalue weighted by molar-refractivity contribution is -0.144. The number of piperidine rings is 1. The molecule has 1 heterocycles. The van der Waals surface area contributed by atoms with Crippen LogP contribution in [0.25, 0.3) is 0 Å². The molecule has 0 atom stereocenters. The van der Waals surface area contributed by atoms with Crippen molar-refractivity contribution >= 4 is 5.97 Å². The standard InChI is InChI=1S/C16H22FNO2/c1-2-20-16(19)12-18-9-7-14(8-10-18)11-13-3-5-15(17)6-4-13/h3-6,14H,2,7-12H2,1H3. The number of hydrogen-bond donors (Lipinski definition) is 0. The summed E-state index contributed by atoms with van der Waals surface area (Å²) < 4.78 is 17.8. The summed E-state index contributed by atoms with van der Waals surface area (Å²) in [5.74, 6) is 0.307. The van der Waals surface area contributed by atoms with Gasteiger partial charge >= 0.3 is 5.97 Å². The SMILES string of the molecule is CCOC(=O)CN1CCC(Cc2ccc(F)cc2)CC1. The Balaban J connectivity index is 1.74. The highest BCUT2D eigenvalue weighted by Gasteiger charge is 2.21. The van der Waals surface area contributed by atoms with E-state index in [-0.39, 0.29) is 11.8 Å². The fourth-order valence-corrected chi connectivity index (χ4v) is 2.69. The average Bonchev–Trinajstić information content (AvgIpc) is 2.44. The first kappa shape index (κ1) is 15.0. The number of rotatable bonds is 5. The van der Waals surface area contributed by atoms with Crippen LogP contribution in [0.5, 0.6) is 0 Å². The smallest absolute Gasteiger partial charge is 0.320 e. The fourth-order valence-electron chi connectivity index (χ4n) is 2.69. The summed E-state index contributed by atoms with van der Waals surface area (Å²) in [4.78, 5) is 13.6. The van der Waals surface area contributed by atoms with Gasteiger partial charge in [-0.05, 0) is 62.9 Å². The predicted octanol–water partition coefficient (Wildman–Crippen LogP) is 2.64. The minimum atomic E-state index is -0.182. The van der Waals surface area contributed by atoms with E-state index in [9.17, 15) is 9.18 Å². The van der Waals surface area contributed by atoms with Gasteiger partial charge in [0.2, 0.25) is 0 Å². The van der Waals surface area contributed by atoms with E-state index in [1.54, 1.807) is 0 Å². The van der Waals surface area contributed by atoms with Crippen molar-refractivity contribution in [3.63, 3.8) is 0 Å². The zero-order valence-corrected chi connectivity index (χ0v) is 12.0. The van der Waals surface area contributed by atoms with Gasteiger partial charge in [0, 0.05) is 0 Å². The maximum Gasteiger partial charge on any atom is 0.320 e. The van der Waals surface area contributed by atoms with Crippen LogP contribution in [0.3, 0.4) is 0 Å². The molecule has 110 valence electrons. The van der Waals surface area contributed by atoms with Gasteiger partial charge in [0.25, 0.3) is 0 Å². The van der Waals surface area contributed by atoms with Gasteiger partial charge in [-0.3, -0.25) is 9.69 Å². The normalized spacial score (nSPS) is 17.1. The molecular weight excluding hydrogens is 257 g/mol. The first-order valence-corrected chi connectivity index (χ1v) is 7.29. The van der Waals surface area contributed by atoms with Crippen LogP contribution in [0.15, 0.2) is 24.3 Å². The average molecular weight is 279 g/mol. The Kier molecular flexibility index (Phi) is 5.53. The summed E-state index contributed by atoms with van der Waals surface area (Å²) in [7, 11) is 0. The highest BCUT2D eigenvalue weighted by molar-refractivity contribution is 5.71. The van der Waals surface area contributed by atoms with Crippen molar-refractivity contribution in [2.45, 2.75) is 26.2 Å². The molecular formula is C16H22FNO2. The second-order valence-electron chi connectivity index (χ2n) is 5.36. The highest BCUT2D eigenvalue weighted by atomic mass is 19.1. The van der Waals surface area contributed by atoms with Gasteiger partial charge in [0.15, 0.2) is 0 Å². The molecule has 1 aliphatic rings. The van der Waals surface area contributed by atoms with Gasteiger partial charge in [-0.1, -0.05) is 12.1 Å². The minimum absolute atomic E-state index is 0.135. The Hall–Kier alpha value is -1.42. The molecule has 1 aromatic rings. The van der Waals surface area contributed by atoms with E-state index in [0.29, 0.717) is 19.1 Å². The molecule has 0 aliphatic carbocycles. The fraction of sp³-hybridized carbons (Fsp3) is 0.562. The minimum Gasteiger partial charge on any atom is -0.465 e. The number of hydrogen-bond acceptors (Lipinski definition) is 3. The van der Waals surface area contributed by atoms with Crippen molar-refractivity contribution in [3.05, 3.63) is 35.6 Å². The number of ether oxygens (including phenoxy) is 1. The van der Waals surface area contributed by atoms with E-state index in [2.05, 4.69) is 4.90 Å². The number of likely N-dealkylation sites (tertiary alicyclic amines) is 1. The summed E-state index contributed by atoms with van der Waals surface area (Å²) >= 11 is 0. The Bertz CT molecular complexity index is 425. The quantitative estimate of drug-likeness (QED) is 0.776. The molecule has 0 aromatic heterocycles. The van der Waals surface area contributed by atoms with Crippen molar-refractivity contribution in [2.75, 3.05) is 26.2 Å². The number of nitrogens with zero attached hydrogens (tertiary/aromatic N) is 1. The first-order chi connectivity index (χ1) is 9.67. The monoisotopic (exact) mass is 279 g/mol. The molecule has 0 unspecified atom stereocenters. The lowest BCUT2D eigenvalue weighted by Crippen LogP contribution is -2.38. The molecule has 1 saturated heterocycles. The molecule has 4 heteroatoms. The summed E-state index contributed by atoms with van der Waals surface area (Å²) in [5.41, 5.74) is 1.19. The van der Waals surface area contributed by atoms with Crippen LogP contribution in [0.2, 0.25) is 0 Å². The lowest BCUT2D eigenvalue weighted by atomic mass is 9.90. The van der Waals surface area contributed by atoms with Crippen molar-refractivity contribution in [1.29, 1.82) is 0 Å². The summed E-state index contributed by atoms with van der Waals surface area (Å²) in [6, 6.07) is 6.76. The van der Waals surface area contributed by atoms with E-state index in [0.717, 1.165) is 32.4 Å². The zero-order valence-electron chi connectivity index (χ0n) is 12.0. The topological polar surface area (TPSA) is 29.5 Å². The van der Waals surface area contributed by atoms with E-state index >= 15 is 0 Å². The molecule has 0 amide bonds. The number of halogens is 1. The number of carbonyl (C=O) groups excluding carboxylic acids is 1. The van der Waals surface area contributed by atoms with Crippen LogP contribution in [0.4, 0.5) is 4.39 Å². The Morgan fingerprint density at radius 1 is 1.30 bits per heavy atom. The Morgan fingerprint density at radius 2 is 1.95 bits per heavy atom. The molecule has 3 nitrogen and oxygen atoms in total.